The maximum Gasteiger partial charge on any atom is 0.134 e. The first-order valence-electron chi connectivity index (χ1n) is 5.93. The van der Waals surface area contributed by atoms with Crippen molar-refractivity contribution in [3.05, 3.63) is 59.2 Å². The quantitative estimate of drug-likeness (QED) is 0.649. The predicted octanol–water partition coefficient (Wildman–Crippen LogP) is 3.39. The summed E-state index contributed by atoms with van der Waals surface area (Å²) >= 11 is 0. The lowest BCUT2D eigenvalue weighted by Gasteiger charge is -2.03. The summed E-state index contributed by atoms with van der Waals surface area (Å²) in [5, 5.41) is 0. The first-order valence-corrected chi connectivity index (χ1v) is 5.93. The average molecular weight is 222 g/mol. The molecule has 0 radical (unpaired) electrons. The highest BCUT2D eigenvalue weighted by molar-refractivity contribution is 5.80. The minimum Gasteiger partial charge on any atom is -0.300 e. The smallest absolute Gasteiger partial charge is 0.134 e. The van der Waals surface area contributed by atoms with Crippen LogP contribution in [0.3, 0.4) is 0 Å². The zero-order valence-electron chi connectivity index (χ0n) is 9.86. The summed E-state index contributed by atoms with van der Waals surface area (Å²) in [6.07, 6.45) is 1.54. The zero-order chi connectivity index (χ0) is 11.8. The minimum absolute atomic E-state index is 0.223. The van der Waals surface area contributed by atoms with Gasteiger partial charge < -0.3 is 0 Å². The fraction of sp³-hybridized carbons (Fsp3) is 0.188. The molecule has 2 aromatic carbocycles. The van der Waals surface area contributed by atoms with E-state index in [0.29, 0.717) is 6.42 Å². The number of rotatable bonds is 2. The normalized spacial score (nSPS) is 12.1. The van der Waals surface area contributed by atoms with Crippen molar-refractivity contribution in [3.8, 4) is 11.1 Å². The van der Waals surface area contributed by atoms with E-state index in [9.17, 15) is 4.79 Å². The summed E-state index contributed by atoms with van der Waals surface area (Å²) in [4.78, 5) is 11.1. The average Bonchev–Trinajstić information content (AvgIpc) is 2.65. The first kappa shape index (κ1) is 10.3. The van der Waals surface area contributed by atoms with Gasteiger partial charge in [0, 0.05) is 6.42 Å². The third-order valence-electron chi connectivity index (χ3n) is 3.31. The number of fused-ring (bicyclic) bond motifs is 3. The summed E-state index contributed by atoms with van der Waals surface area (Å²) in [6, 6.07) is 14.9. The van der Waals surface area contributed by atoms with E-state index in [0.717, 1.165) is 12.0 Å². The van der Waals surface area contributed by atoms with E-state index in [1.807, 2.05) is 0 Å². The summed E-state index contributed by atoms with van der Waals surface area (Å²) in [7, 11) is 0. The molecule has 0 aromatic heterocycles. The minimum atomic E-state index is 0.223. The van der Waals surface area contributed by atoms with Gasteiger partial charge in [0.15, 0.2) is 0 Å². The fourth-order valence-electron chi connectivity index (χ4n) is 2.60. The molecule has 0 fully saturated rings. The Morgan fingerprint density at radius 3 is 2.65 bits per heavy atom. The number of hydrogen-bond donors (Lipinski definition) is 0. The van der Waals surface area contributed by atoms with Gasteiger partial charge in [-0.2, -0.15) is 0 Å². The van der Waals surface area contributed by atoms with Crippen LogP contribution in [0.15, 0.2) is 42.5 Å². The molecule has 0 atom stereocenters. The van der Waals surface area contributed by atoms with Crippen LogP contribution in [0.4, 0.5) is 0 Å². The lowest BCUT2D eigenvalue weighted by molar-refractivity contribution is -0.116. The van der Waals surface area contributed by atoms with Gasteiger partial charge in [-0.1, -0.05) is 42.5 Å². The van der Waals surface area contributed by atoms with Crippen molar-refractivity contribution in [1.29, 1.82) is 0 Å². The highest BCUT2D eigenvalue weighted by Crippen LogP contribution is 2.36. The molecular weight excluding hydrogens is 208 g/mol. The first-order chi connectivity index (χ1) is 8.24. The molecular formula is C16H14O. The van der Waals surface area contributed by atoms with Crippen LogP contribution in [0, 0.1) is 0 Å². The molecule has 1 aliphatic rings. The topological polar surface area (TPSA) is 17.1 Å². The summed E-state index contributed by atoms with van der Waals surface area (Å²) in [6.45, 7) is 1.64. The Balaban J connectivity index is 2.04. The van der Waals surface area contributed by atoms with E-state index in [1.54, 1.807) is 6.92 Å². The molecule has 0 aliphatic heterocycles. The molecule has 0 heterocycles. The second-order valence-corrected chi connectivity index (χ2v) is 4.70. The molecule has 0 saturated heterocycles. The van der Waals surface area contributed by atoms with Crippen molar-refractivity contribution < 1.29 is 4.79 Å². The van der Waals surface area contributed by atoms with Gasteiger partial charge in [0.1, 0.15) is 5.78 Å². The summed E-state index contributed by atoms with van der Waals surface area (Å²) in [5.74, 6) is 0.223. The van der Waals surface area contributed by atoms with Gasteiger partial charge in [-0.15, -0.1) is 0 Å². The van der Waals surface area contributed by atoms with Gasteiger partial charge in [0.05, 0.1) is 0 Å². The van der Waals surface area contributed by atoms with Crippen LogP contribution in [0.5, 0.6) is 0 Å². The highest BCUT2D eigenvalue weighted by atomic mass is 16.1. The number of carbonyl (C=O) groups excluding carboxylic acids is 1. The van der Waals surface area contributed by atoms with Gasteiger partial charge in [-0.3, -0.25) is 4.79 Å². The Hall–Kier alpha value is -1.89. The molecule has 0 saturated carbocycles. The maximum atomic E-state index is 11.1. The lowest BCUT2D eigenvalue weighted by atomic mass is 10.0. The lowest BCUT2D eigenvalue weighted by Crippen LogP contribution is -1.96. The van der Waals surface area contributed by atoms with E-state index in [2.05, 4.69) is 42.5 Å². The Bertz CT molecular complexity index is 596. The molecule has 0 amide bonds. The van der Waals surface area contributed by atoms with Gasteiger partial charge >= 0.3 is 0 Å². The van der Waals surface area contributed by atoms with E-state index in [1.165, 1.54) is 22.3 Å². The maximum absolute atomic E-state index is 11.1. The number of hydrogen-bond acceptors (Lipinski definition) is 1. The Labute approximate surface area is 101 Å². The van der Waals surface area contributed by atoms with Crippen LogP contribution < -0.4 is 0 Å². The van der Waals surface area contributed by atoms with Gasteiger partial charge in [0.25, 0.3) is 0 Å². The number of Topliss-reactive ketones (excluding diaryl/α,β-unsaturated/α-hetero) is 1. The molecule has 1 aliphatic carbocycles. The Kier molecular flexibility index (Phi) is 2.32. The van der Waals surface area contributed by atoms with Crippen molar-refractivity contribution in [2.45, 2.75) is 19.8 Å². The van der Waals surface area contributed by atoms with Crippen molar-refractivity contribution in [2.24, 2.45) is 0 Å². The molecule has 1 nitrogen and oxygen atoms in total. The summed E-state index contributed by atoms with van der Waals surface area (Å²) < 4.78 is 0. The van der Waals surface area contributed by atoms with Crippen LogP contribution in [0.1, 0.15) is 23.6 Å². The van der Waals surface area contributed by atoms with Crippen molar-refractivity contribution in [1.82, 2.24) is 0 Å². The van der Waals surface area contributed by atoms with Crippen molar-refractivity contribution in [2.75, 3.05) is 0 Å². The third kappa shape index (κ3) is 1.78. The molecule has 1 heteroatoms. The Morgan fingerprint density at radius 1 is 1.06 bits per heavy atom. The summed E-state index contributed by atoms with van der Waals surface area (Å²) in [5.41, 5.74) is 6.54. The Morgan fingerprint density at radius 2 is 1.82 bits per heavy atom. The van der Waals surface area contributed by atoms with Gasteiger partial charge in [0.2, 0.25) is 0 Å². The molecule has 0 bridgehead atoms. The molecule has 84 valence electrons. The largest absolute Gasteiger partial charge is 0.300 e. The van der Waals surface area contributed by atoms with E-state index in [4.69, 9.17) is 0 Å². The molecule has 0 unspecified atom stereocenters. The van der Waals surface area contributed by atoms with Crippen LogP contribution in [-0.2, 0) is 17.6 Å². The number of benzene rings is 2. The fourth-order valence-corrected chi connectivity index (χ4v) is 2.60. The molecule has 0 N–H and O–H groups in total. The molecule has 2 aromatic rings. The SMILES string of the molecule is CC(=O)Cc1ccc2c(c1)Cc1ccccc1-2. The monoisotopic (exact) mass is 222 g/mol. The van der Waals surface area contributed by atoms with E-state index < -0.39 is 0 Å². The molecule has 0 spiro atoms. The van der Waals surface area contributed by atoms with Crippen LogP contribution in [0.2, 0.25) is 0 Å². The van der Waals surface area contributed by atoms with Crippen LogP contribution >= 0.6 is 0 Å². The predicted molar refractivity (Wildman–Crippen MR) is 69.1 cm³/mol. The third-order valence-corrected chi connectivity index (χ3v) is 3.31. The van der Waals surface area contributed by atoms with Gasteiger partial charge in [-0.05, 0) is 41.2 Å². The van der Waals surface area contributed by atoms with Crippen molar-refractivity contribution >= 4 is 5.78 Å². The number of carbonyl (C=O) groups is 1. The molecule has 3 rings (SSSR count). The number of ketones is 1. The van der Waals surface area contributed by atoms with Crippen molar-refractivity contribution in [3.63, 3.8) is 0 Å². The molecule has 17 heavy (non-hydrogen) atoms. The highest BCUT2D eigenvalue weighted by Gasteiger charge is 2.17. The zero-order valence-corrected chi connectivity index (χ0v) is 9.86. The standard InChI is InChI=1S/C16H14O/c1-11(17)8-12-6-7-16-14(9-12)10-13-4-2-3-5-15(13)16/h2-7,9H,8,10H2,1H3. The van der Waals surface area contributed by atoms with Crippen LogP contribution in [-0.4, -0.2) is 5.78 Å². The van der Waals surface area contributed by atoms with E-state index in [-0.39, 0.29) is 5.78 Å². The second-order valence-electron chi connectivity index (χ2n) is 4.70. The van der Waals surface area contributed by atoms with E-state index >= 15 is 0 Å². The second kappa shape index (κ2) is 3.85. The van der Waals surface area contributed by atoms with Gasteiger partial charge in [-0.25, -0.2) is 0 Å². The van der Waals surface area contributed by atoms with Crippen LogP contribution in [0.25, 0.3) is 11.1 Å².